The Hall–Kier alpha value is -2.00. The summed E-state index contributed by atoms with van der Waals surface area (Å²) < 4.78 is 28.8. The zero-order valence-corrected chi connectivity index (χ0v) is 17.4. The number of rotatable bonds is 7. The first-order valence-corrected chi connectivity index (χ1v) is 11.3. The van der Waals surface area contributed by atoms with Crippen molar-refractivity contribution in [1.82, 2.24) is 4.72 Å². The maximum Gasteiger partial charge on any atom is 0.250 e. The van der Waals surface area contributed by atoms with Crippen LogP contribution in [0.3, 0.4) is 0 Å². The van der Waals surface area contributed by atoms with Gasteiger partial charge in [0.1, 0.15) is 10.3 Å². The highest BCUT2D eigenvalue weighted by molar-refractivity contribution is 9.10. The van der Waals surface area contributed by atoms with Crippen LogP contribution >= 0.6 is 27.3 Å². The molecule has 0 aliphatic heterocycles. The molecular weight excluding hydrogens is 448 g/mol. The van der Waals surface area contributed by atoms with Gasteiger partial charge in [0, 0.05) is 10.2 Å². The Morgan fingerprint density at radius 3 is 2.48 bits per heavy atom. The highest BCUT2D eigenvalue weighted by atomic mass is 79.9. The van der Waals surface area contributed by atoms with E-state index in [4.69, 9.17) is 0 Å². The van der Waals surface area contributed by atoms with E-state index in [-0.39, 0.29) is 10.6 Å². The molecule has 0 saturated heterocycles. The standard InChI is InChI=1S/C19H17BrN2O3S2/c20-15-8-4-9-16(13-15)21-19(23)17(12-14-6-2-1-3-7-14)22-27(24,25)18-10-5-11-26-18/h1-11,13,17,22H,12H2,(H,21,23). The summed E-state index contributed by atoms with van der Waals surface area (Å²) in [6, 6.07) is 18.7. The van der Waals surface area contributed by atoms with Gasteiger partial charge in [-0.3, -0.25) is 4.79 Å². The van der Waals surface area contributed by atoms with Crippen LogP contribution in [0, 0.1) is 0 Å². The number of hydrogen-bond acceptors (Lipinski definition) is 4. The van der Waals surface area contributed by atoms with Gasteiger partial charge in [0.2, 0.25) is 5.91 Å². The maximum atomic E-state index is 12.8. The van der Waals surface area contributed by atoms with Crippen molar-refractivity contribution in [2.45, 2.75) is 16.7 Å². The molecule has 3 rings (SSSR count). The van der Waals surface area contributed by atoms with Gasteiger partial charge in [-0.1, -0.05) is 58.4 Å². The molecule has 27 heavy (non-hydrogen) atoms. The summed E-state index contributed by atoms with van der Waals surface area (Å²) >= 11 is 4.46. The highest BCUT2D eigenvalue weighted by Gasteiger charge is 2.26. The summed E-state index contributed by atoms with van der Waals surface area (Å²) in [6.07, 6.45) is 0.241. The molecule has 3 aromatic rings. The van der Waals surface area contributed by atoms with Crippen LogP contribution in [0.2, 0.25) is 0 Å². The second kappa shape index (κ2) is 8.79. The SMILES string of the molecule is O=C(Nc1cccc(Br)c1)C(Cc1ccccc1)NS(=O)(=O)c1cccs1. The minimum absolute atomic E-state index is 0.177. The van der Waals surface area contributed by atoms with Crippen molar-refractivity contribution in [2.24, 2.45) is 0 Å². The molecule has 1 amide bonds. The zero-order valence-electron chi connectivity index (χ0n) is 14.1. The number of benzene rings is 2. The fourth-order valence-corrected chi connectivity index (χ4v) is 5.10. The number of thiophene rings is 1. The molecule has 0 aliphatic carbocycles. The number of halogens is 1. The molecule has 2 N–H and O–H groups in total. The Bertz CT molecular complexity index is 1010. The van der Waals surface area contributed by atoms with Gasteiger partial charge in [0.05, 0.1) is 0 Å². The fraction of sp³-hybridized carbons (Fsp3) is 0.105. The van der Waals surface area contributed by atoms with E-state index >= 15 is 0 Å². The molecule has 0 radical (unpaired) electrons. The lowest BCUT2D eigenvalue weighted by molar-refractivity contribution is -0.117. The van der Waals surface area contributed by atoms with Crippen LogP contribution in [-0.4, -0.2) is 20.4 Å². The summed E-state index contributed by atoms with van der Waals surface area (Å²) in [5.74, 6) is -0.419. The van der Waals surface area contributed by atoms with E-state index in [0.29, 0.717) is 5.69 Å². The Labute approximate surface area is 170 Å². The number of carbonyl (C=O) groups excluding carboxylic acids is 1. The number of amides is 1. The second-order valence-corrected chi connectivity index (χ2v) is 9.60. The smallest absolute Gasteiger partial charge is 0.250 e. The van der Waals surface area contributed by atoms with Gasteiger partial charge in [-0.2, -0.15) is 4.72 Å². The lowest BCUT2D eigenvalue weighted by Gasteiger charge is -2.18. The van der Waals surface area contributed by atoms with Crippen molar-refractivity contribution in [3.63, 3.8) is 0 Å². The van der Waals surface area contributed by atoms with Crippen LogP contribution in [0.4, 0.5) is 5.69 Å². The van der Waals surface area contributed by atoms with Gasteiger partial charge in [-0.25, -0.2) is 8.42 Å². The largest absolute Gasteiger partial charge is 0.325 e. The Kier molecular flexibility index (Phi) is 6.43. The predicted octanol–water partition coefficient (Wildman–Crippen LogP) is 4.04. The monoisotopic (exact) mass is 464 g/mol. The molecule has 1 aromatic heterocycles. The van der Waals surface area contributed by atoms with E-state index in [1.54, 1.807) is 29.6 Å². The van der Waals surface area contributed by atoms with E-state index < -0.39 is 22.0 Å². The summed E-state index contributed by atoms with van der Waals surface area (Å²) in [5.41, 5.74) is 1.45. The first-order valence-electron chi connectivity index (χ1n) is 8.10. The molecule has 0 spiro atoms. The molecule has 1 heterocycles. The maximum absolute atomic E-state index is 12.8. The third kappa shape index (κ3) is 5.49. The Morgan fingerprint density at radius 1 is 1.04 bits per heavy atom. The molecule has 5 nitrogen and oxygen atoms in total. The van der Waals surface area contributed by atoms with E-state index in [9.17, 15) is 13.2 Å². The number of sulfonamides is 1. The minimum Gasteiger partial charge on any atom is -0.325 e. The van der Waals surface area contributed by atoms with Crippen LogP contribution in [-0.2, 0) is 21.2 Å². The Balaban J connectivity index is 1.83. The Morgan fingerprint density at radius 2 is 1.81 bits per heavy atom. The van der Waals surface area contributed by atoms with Crippen LogP contribution in [0.25, 0.3) is 0 Å². The average Bonchev–Trinajstić information content (AvgIpc) is 3.17. The molecule has 1 unspecified atom stereocenters. The van der Waals surface area contributed by atoms with E-state index in [1.165, 1.54) is 6.07 Å². The third-order valence-electron chi connectivity index (χ3n) is 3.75. The first kappa shape index (κ1) is 19.8. The van der Waals surface area contributed by atoms with Crippen molar-refractivity contribution < 1.29 is 13.2 Å². The number of nitrogens with one attached hydrogen (secondary N) is 2. The van der Waals surface area contributed by atoms with E-state index in [1.807, 2.05) is 36.4 Å². The second-order valence-electron chi connectivity index (χ2n) is 5.80. The van der Waals surface area contributed by atoms with Crippen molar-refractivity contribution in [2.75, 3.05) is 5.32 Å². The topological polar surface area (TPSA) is 75.3 Å². The molecule has 2 aromatic carbocycles. The molecule has 1 atom stereocenters. The quantitative estimate of drug-likeness (QED) is 0.553. The first-order chi connectivity index (χ1) is 12.9. The van der Waals surface area contributed by atoms with Crippen LogP contribution in [0.5, 0.6) is 0 Å². The van der Waals surface area contributed by atoms with Crippen LogP contribution < -0.4 is 10.0 Å². The molecule has 0 saturated carbocycles. The fourth-order valence-electron chi connectivity index (χ4n) is 2.50. The molecule has 0 fully saturated rings. The van der Waals surface area contributed by atoms with Gasteiger partial charge in [0.25, 0.3) is 10.0 Å². The summed E-state index contributed by atoms with van der Waals surface area (Å²) in [5, 5.41) is 4.46. The predicted molar refractivity (Wildman–Crippen MR) is 111 cm³/mol. The molecular formula is C19H17BrN2O3S2. The normalized spacial score (nSPS) is 12.5. The number of hydrogen-bond donors (Lipinski definition) is 2. The van der Waals surface area contributed by atoms with Crippen LogP contribution in [0.15, 0.2) is 80.8 Å². The number of carbonyl (C=O) groups is 1. The van der Waals surface area contributed by atoms with Gasteiger partial charge >= 0.3 is 0 Å². The van der Waals surface area contributed by atoms with Crippen molar-refractivity contribution >= 4 is 48.9 Å². The molecule has 0 aliphatic rings. The lowest BCUT2D eigenvalue weighted by Crippen LogP contribution is -2.45. The molecule has 8 heteroatoms. The van der Waals surface area contributed by atoms with E-state index in [0.717, 1.165) is 21.4 Å². The average molecular weight is 465 g/mol. The zero-order chi connectivity index (χ0) is 19.3. The summed E-state index contributed by atoms with van der Waals surface area (Å²) in [7, 11) is -3.78. The third-order valence-corrected chi connectivity index (χ3v) is 7.11. The summed E-state index contributed by atoms with van der Waals surface area (Å²) in [4.78, 5) is 12.8. The molecule has 140 valence electrons. The van der Waals surface area contributed by atoms with Gasteiger partial charge in [-0.05, 0) is 41.6 Å². The van der Waals surface area contributed by atoms with Crippen molar-refractivity contribution in [3.05, 3.63) is 82.1 Å². The van der Waals surface area contributed by atoms with Crippen LogP contribution in [0.1, 0.15) is 5.56 Å². The summed E-state index contributed by atoms with van der Waals surface area (Å²) in [6.45, 7) is 0. The highest BCUT2D eigenvalue weighted by Crippen LogP contribution is 2.19. The number of anilines is 1. The van der Waals surface area contributed by atoms with Gasteiger partial charge in [-0.15, -0.1) is 11.3 Å². The molecule has 0 bridgehead atoms. The lowest BCUT2D eigenvalue weighted by atomic mass is 10.1. The van der Waals surface area contributed by atoms with Gasteiger partial charge < -0.3 is 5.32 Å². The van der Waals surface area contributed by atoms with Crippen molar-refractivity contribution in [1.29, 1.82) is 0 Å². The van der Waals surface area contributed by atoms with Gasteiger partial charge in [0.15, 0.2) is 0 Å². The van der Waals surface area contributed by atoms with Crippen molar-refractivity contribution in [3.8, 4) is 0 Å². The van der Waals surface area contributed by atoms with E-state index in [2.05, 4.69) is 26.0 Å². The minimum atomic E-state index is -3.78.